The van der Waals surface area contributed by atoms with E-state index in [2.05, 4.69) is 10.3 Å². The van der Waals surface area contributed by atoms with E-state index in [-0.39, 0.29) is 26.6 Å². The third kappa shape index (κ3) is 4.63. The Morgan fingerprint density at radius 2 is 1.77 bits per heavy atom. The van der Waals surface area contributed by atoms with Crippen molar-refractivity contribution in [1.29, 1.82) is 0 Å². The fourth-order valence-corrected chi connectivity index (χ4v) is 1.99. The lowest BCUT2D eigenvalue weighted by Gasteiger charge is -2.23. The Hall–Kier alpha value is -1.24. The minimum atomic E-state index is -1.04. The number of ether oxygens (including phenoxy) is 1. The quantitative estimate of drug-likeness (QED) is 0.631. The average molecular weight is 369 g/mol. The van der Waals surface area contributed by atoms with Gasteiger partial charge in [-0.2, -0.15) is 0 Å². The second kappa shape index (κ2) is 6.89. The van der Waals surface area contributed by atoms with Gasteiger partial charge < -0.3 is 15.8 Å². The maximum absolute atomic E-state index is 12.1. The second-order valence-electron chi connectivity index (χ2n) is 5.58. The van der Waals surface area contributed by atoms with E-state index < -0.39 is 23.5 Å². The Morgan fingerprint density at radius 1 is 1.23 bits per heavy atom. The molecular weight excluding hydrogens is 353 g/mol. The van der Waals surface area contributed by atoms with Crippen LogP contribution in [-0.2, 0) is 9.53 Å². The van der Waals surface area contributed by atoms with Crippen LogP contribution >= 0.6 is 34.8 Å². The van der Waals surface area contributed by atoms with E-state index in [4.69, 9.17) is 45.3 Å². The number of hydrogen-bond acceptors (Lipinski definition) is 5. The molecule has 0 radical (unpaired) electrons. The first-order valence-corrected chi connectivity index (χ1v) is 7.40. The summed E-state index contributed by atoms with van der Waals surface area (Å²) in [5.74, 6) is -1.38. The van der Waals surface area contributed by atoms with Crippen molar-refractivity contribution in [2.24, 2.45) is 0 Å². The Labute approximate surface area is 143 Å². The van der Waals surface area contributed by atoms with Crippen molar-refractivity contribution in [2.75, 3.05) is 5.73 Å². The number of pyridine rings is 1. The number of rotatable bonds is 3. The molecule has 1 aromatic heterocycles. The predicted octanol–water partition coefficient (Wildman–Crippen LogP) is 3.08. The molecule has 1 rings (SSSR count). The molecule has 0 spiro atoms. The molecule has 122 valence electrons. The number of halogens is 3. The summed E-state index contributed by atoms with van der Waals surface area (Å²) in [4.78, 5) is 27.7. The number of nitrogens with two attached hydrogens (primary N) is 1. The molecule has 1 aromatic rings. The van der Waals surface area contributed by atoms with Crippen LogP contribution < -0.4 is 11.1 Å². The molecule has 0 fully saturated rings. The lowest BCUT2D eigenvalue weighted by atomic mass is 10.1. The van der Waals surface area contributed by atoms with Crippen molar-refractivity contribution in [3.05, 3.63) is 20.9 Å². The van der Waals surface area contributed by atoms with Crippen LogP contribution in [0.4, 0.5) is 5.69 Å². The number of anilines is 1. The standard InChI is InChI=1S/C13H16Cl3N3O3/c1-5(11(20)19-13(2,3)4)22-12(21)9-6(14)8(17)7(15)10(16)18-9/h5H,1-4H3,(H2,17,18)(H,19,20)/t5-/m1/s1. The van der Waals surface area contributed by atoms with E-state index in [9.17, 15) is 9.59 Å². The smallest absolute Gasteiger partial charge is 0.359 e. The van der Waals surface area contributed by atoms with Crippen LogP contribution in [0.2, 0.25) is 15.2 Å². The molecule has 6 nitrogen and oxygen atoms in total. The van der Waals surface area contributed by atoms with E-state index in [1.165, 1.54) is 6.92 Å². The number of carbonyl (C=O) groups is 2. The van der Waals surface area contributed by atoms with E-state index >= 15 is 0 Å². The van der Waals surface area contributed by atoms with Crippen LogP contribution in [0.1, 0.15) is 38.2 Å². The van der Waals surface area contributed by atoms with E-state index in [0.717, 1.165) is 0 Å². The molecule has 22 heavy (non-hydrogen) atoms. The fraction of sp³-hybridized carbons (Fsp3) is 0.462. The van der Waals surface area contributed by atoms with Crippen molar-refractivity contribution in [2.45, 2.75) is 39.3 Å². The monoisotopic (exact) mass is 367 g/mol. The molecule has 0 aliphatic rings. The van der Waals surface area contributed by atoms with Gasteiger partial charge in [-0.25, -0.2) is 9.78 Å². The van der Waals surface area contributed by atoms with Gasteiger partial charge in [0.1, 0.15) is 5.02 Å². The number of esters is 1. The molecule has 1 atom stereocenters. The minimum Gasteiger partial charge on any atom is -0.448 e. The molecule has 3 N–H and O–H groups in total. The summed E-state index contributed by atoms with van der Waals surface area (Å²) in [6, 6.07) is 0. The molecule has 0 bridgehead atoms. The minimum absolute atomic E-state index is 0.0539. The maximum atomic E-state index is 12.1. The SMILES string of the molecule is C[C@@H](OC(=O)c1nc(Cl)c(Cl)c(N)c1Cl)C(=O)NC(C)(C)C. The Bertz CT molecular complexity index is 615. The summed E-state index contributed by atoms with van der Waals surface area (Å²) < 4.78 is 5.02. The summed E-state index contributed by atoms with van der Waals surface area (Å²) in [5, 5.41) is 2.27. The number of nitrogens with one attached hydrogen (secondary N) is 1. The average Bonchev–Trinajstić information content (AvgIpc) is 2.38. The van der Waals surface area contributed by atoms with Crippen molar-refractivity contribution in [3.63, 3.8) is 0 Å². The number of nitrogens with zero attached hydrogens (tertiary/aromatic N) is 1. The molecule has 0 saturated carbocycles. The number of carbonyl (C=O) groups excluding carboxylic acids is 2. The predicted molar refractivity (Wildman–Crippen MR) is 86.5 cm³/mol. The lowest BCUT2D eigenvalue weighted by molar-refractivity contribution is -0.130. The van der Waals surface area contributed by atoms with Gasteiger partial charge in [0.05, 0.1) is 10.7 Å². The molecule has 0 unspecified atom stereocenters. The van der Waals surface area contributed by atoms with Crippen LogP contribution in [0, 0.1) is 0 Å². The highest BCUT2D eigenvalue weighted by Crippen LogP contribution is 2.34. The zero-order valence-electron chi connectivity index (χ0n) is 12.5. The first-order chi connectivity index (χ1) is 9.94. The molecule has 0 aliphatic heterocycles. The van der Waals surface area contributed by atoms with Crippen LogP contribution in [0.5, 0.6) is 0 Å². The summed E-state index contributed by atoms with van der Waals surface area (Å²) >= 11 is 17.4. The molecule has 0 aromatic carbocycles. The fourth-order valence-electron chi connectivity index (χ4n) is 1.41. The first-order valence-electron chi connectivity index (χ1n) is 6.27. The summed E-state index contributed by atoms with van der Waals surface area (Å²) in [7, 11) is 0. The third-order valence-electron chi connectivity index (χ3n) is 2.42. The molecule has 0 aliphatic carbocycles. The van der Waals surface area contributed by atoms with Gasteiger partial charge in [0.2, 0.25) is 0 Å². The Kier molecular flexibility index (Phi) is 5.89. The van der Waals surface area contributed by atoms with Crippen LogP contribution in [-0.4, -0.2) is 28.5 Å². The third-order valence-corrected chi connectivity index (χ3v) is 3.55. The van der Waals surface area contributed by atoms with Crippen molar-refractivity contribution < 1.29 is 14.3 Å². The van der Waals surface area contributed by atoms with Gasteiger partial charge in [0, 0.05) is 5.54 Å². The van der Waals surface area contributed by atoms with Crippen molar-refractivity contribution in [3.8, 4) is 0 Å². The normalized spacial score (nSPS) is 12.7. The van der Waals surface area contributed by atoms with E-state index in [1.54, 1.807) is 20.8 Å². The van der Waals surface area contributed by atoms with E-state index in [1.807, 2.05) is 0 Å². The van der Waals surface area contributed by atoms with Gasteiger partial charge in [0.15, 0.2) is 17.0 Å². The van der Waals surface area contributed by atoms with Gasteiger partial charge in [-0.1, -0.05) is 34.8 Å². The summed E-state index contributed by atoms with van der Waals surface area (Å²) in [6.07, 6.45) is -1.04. The van der Waals surface area contributed by atoms with Gasteiger partial charge >= 0.3 is 5.97 Å². The maximum Gasteiger partial charge on any atom is 0.359 e. The number of aromatic nitrogens is 1. The summed E-state index contributed by atoms with van der Waals surface area (Å²) in [6.45, 7) is 6.83. The molecular formula is C13H16Cl3N3O3. The topological polar surface area (TPSA) is 94.3 Å². The van der Waals surface area contributed by atoms with Crippen molar-refractivity contribution in [1.82, 2.24) is 10.3 Å². The highest BCUT2D eigenvalue weighted by Gasteiger charge is 2.26. The van der Waals surface area contributed by atoms with Crippen LogP contribution in [0.3, 0.4) is 0 Å². The second-order valence-corrected chi connectivity index (χ2v) is 6.69. The van der Waals surface area contributed by atoms with Crippen molar-refractivity contribution >= 4 is 52.4 Å². The summed E-state index contributed by atoms with van der Waals surface area (Å²) in [5.41, 5.74) is 4.78. The largest absolute Gasteiger partial charge is 0.448 e. The lowest BCUT2D eigenvalue weighted by Crippen LogP contribution is -2.46. The molecule has 0 saturated heterocycles. The number of amides is 1. The van der Waals surface area contributed by atoms with Crippen LogP contribution in [0.15, 0.2) is 0 Å². The first kappa shape index (κ1) is 18.8. The van der Waals surface area contributed by atoms with Crippen LogP contribution in [0.25, 0.3) is 0 Å². The zero-order valence-corrected chi connectivity index (χ0v) is 14.7. The number of nitrogen functional groups attached to an aromatic ring is 1. The van der Waals surface area contributed by atoms with Gasteiger partial charge in [-0.15, -0.1) is 0 Å². The van der Waals surface area contributed by atoms with Gasteiger partial charge in [-0.3, -0.25) is 4.79 Å². The van der Waals surface area contributed by atoms with E-state index in [0.29, 0.717) is 0 Å². The highest BCUT2D eigenvalue weighted by molar-refractivity contribution is 6.46. The molecule has 9 heteroatoms. The molecule has 1 amide bonds. The molecule has 1 heterocycles. The number of hydrogen-bond donors (Lipinski definition) is 2. The Balaban J connectivity index is 2.93. The van der Waals surface area contributed by atoms with Gasteiger partial charge in [0.25, 0.3) is 5.91 Å². The highest BCUT2D eigenvalue weighted by atomic mass is 35.5. The van der Waals surface area contributed by atoms with Gasteiger partial charge in [-0.05, 0) is 27.7 Å². The Morgan fingerprint density at radius 3 is 2.27 bits per heavy atom. The zero-order chi connectivity index (χ0) is 17.2.